The van der Waals surface area contributed by atoms with E-state index in [2.05, 4.69) is 15.5 Å². The van der Waals surface area contributed by atoms with Crippen molar-refractivity contribution in [3.8, 4) is 5.75 Å². The molecule has 1 aromatic heterocycles. The van der Waals surface area contributed by atoms with E-state index in [9.17, 15) is 9.59 Å². The van der Waals surface area contributed by atoms with Crippen LogP contribution < -0.4 is 10.1 Å². The quantitative estimate of drug-likeness (QED) is 0.748. The van der Waals surface area contributed by atoms with E-state index in [0.29, 0.717) is 5.75 Å². The third-order valence-corrected chi connectivity index (χ3v) is 2.25. The van der Waals surface area contributed by atoms with E-state index in [-0.39, 0.29) is 18.0 Å². The van der Waals surface area contributed by atoms with E-state index in [1.54, 1.807) is 24.3 Å². The molecule has 0 aliphatic heterocycles. The van der Waals surface area contributed by atoms with Gasteiger partial charge in [-0.1, -0.05) is 18.2 Å². The molecule has 0 atom stereocenters. The maximum Gasteiger partial charge on any atom is 0.341 e. The van der Waals surface area contributed by atoms with Crippen LogP contribution in [0.4, 0.5) is 5.82 Å². The summed E-state index contributed by atoms with van der Waals surface area (Å²) in [5.74, 6) is -1.06. The van der Waals surface area contributed by atoms with Gasteiger partial charge in [-0.3, -0.25) is 9.89 Å². The summed E-state index contributed by atoms with van der Waals surface area (Å²) in [4.78, 5) is 22.4. The fraction of sp³-hybridized carbons (Fsp3) is 0.0833. The van der Waals surface area contributed by atoms with Crippen LogP contribution in [-0.4, -0.2) is 33.8 Å². The first kappa shape index (κ1) is 12.6. The van der Waals surface area contributed by atoms with Crippen LogP contribution >= 0.6 is 0 Å². The number of nitrogens with zero attached hydrogens (tertiary/aromatic N) is 1. The van der Waals surface area contributed by atoms with Crippen LogP contribution in [0.2, 0.25) is 0 Å². The highest BCUT2D eigenvalue weighted by Crippen LogP contribution is 2.11. The van der Waals surface area contributed by atoms with Gasteiger partial charge in [-0.25, -0.2) is 4.79 Å². The Morgan fingerprint density at radius 1 is 1.32 bits per heavy atom. The molecule has 1 amide bonds. The number of carbonyl (C=O) groups excluding carboxylic acids is 1. The van der Waals surface area contributed by atoms with Gasteiger partial charge in [0.15, 0.2) is 6.61 Å². The molecule has 2 aromatic rings. The summed E-state index contributed by atoms with van der Waals surface area (Å²) < 4.78 is 5.22. The molecule has 1 heterocycles. The minimum Gasteiger partial charge on any atom is -0.484 e. The number of amides is 1. The molecule has 0 saturated carbocycles. The second kappa shape index (κ2) is 5.67. The zero-order chi connectivity index (χ0) is 13.7. The number of H-pyrrole nitrogens is 1. The lowest BCUT2D eigenvalue weighted by atomic mass is 10.3. The number of hydrogen-bond acceptors (Lipinski definition) is 4. The molecule has 7 heteroatoms. The smallest absolute Gasteiger partial charge is 0.341 e. The van der Waals surface area contributed by atoms with Crippen molar-refractivity contribution >= 4 is 17.7 Å². The Labute approximate surface area is 108 Å². The highest BCUT2D eigenvalue weighted by molar-refractivity contribution is 5.99. The van der Waals surface area contributed by atoms with Crippen LogP contribution in [0, 0.1) is 0 Å². The fourth-order valence-electron chi connectivity index (χ4n) is 1.38. The van der Waals surface area contributed by atoms with Gasteiger partial charge in [0.05, 0.1) is 6.20 Å². The SMILES string of the molecule is O=C(COc1ccccc1)Nc1[nH]ncc1C(=O)O. The first-order valence-electron chi connectivity index (χ1n) is 5.41. The second-order valence-corrected chi connectivity index (χ2v) is 3.61. The monoisotopic (exact) mass is 261 g/mol. The van der Waals surface area contributed by atoms with Crippen molar-refractivity contribution < 1.29 is 19.4 Å². The molecule has 0 aliphatic carbocycles. The number of carbonyl (C=O) groups is 2. The molecule has 2 rings (SSSR count). The zero-order valence-corrected chi connectivity index (χ0v) is 9.79. The summed E-state index contributed by atoms with van der Waals surface area (Å²) in [6.45, 7) is -0.220. The van der Waals surface area contributed by atoms with Crippen molar-refractivity contribution in [1.29, 1.82) is 0 Å². The summed E-state index contributed by atoms with van der Waals surface area (Å²) in [5.41, 5.74) is -0.104. The van der Waals surface area contributed by atoms with Crippen molar-refractivity contribution in [3.63, 3.8) is 0 Å². The molecule has 19 heavy (non-hydrogen) atoms. The molecule has 0 saturated heterocycles. The molecular weight excluding hydrogens is 250 g/mol. The van der Waals surface area contributed by atoms with Gasteiger partial charge in [0.1, 0.15) is 17.1 Å². The number of aromatic nitrogens is 2. The topological polar surface area (TPSA) is 104 Å². The minimum absolute atomic E-state index is 0.0363. The molecule has 1 aromatic carbocycles. The van der Waals surface area contributed by atoms with E-state index < -0.39 is 11.9 Å². The first-order chi connectivity index (χ1) is 9.16. The summed E-state index contributed by atoms with van der Waals surface area (Å²) in [6.07, 6.45) is 1.12. The Kier molecular flexibility index (Phi) is 3.77. The van der Waals surface area contributed by atoms with Crippen molar-refractivity contribution in [3.05, 3.63) is 42.1 Å². The predicted octanol–water partition coefficient (Wildman–Crippen LogP) is 1.13. The standard InChI is InChI=1S/C12H11N3O4/c16-10(7-19-8-4-2-1-3-5-8)14-11-9(12(17)18)6-13-15-11/h1-6H,7H2,(H,17,18)(H2,13,14,15,16). The third-order valence-electron chi connectivity index (χ3n) is 2.25. The highest BCUT2D eigenvalue weighted by Gasteiger charge is 2.14. The predicted molar refractivity (Wildman–Crippen MR) is 66.1 cm³/mol. The van der Waals surface area contributed by atoms with Crippen LogP contribution in [-0.2, 0) is 4.79 Å². The van der Waals surface area contributed by atoms with E-state index in [0.717, 1.165) is 6.20 Å². The summed E-state index contributed by atoms with van der Waals surface area (Å²) in [6, 6.07) is 8.82. The molecule has 98 valence electrons. The lowest BCUT2D eigenvalue weighted by Gasteiger charge is -2.06. The molecule has 3 N–H and O–H groups in total. The molecule has 7 nitrogen and oxygen atoms in total. The van der Waals surface area contributed by atoms with Gasteiger partial charge >= 0.3 is 5.97 Å². The Bertz CT molecular complexity index is 580. The summed E-state index contributed by atoms with van der Waals surface area (Å²) >= 11 is 0. The average Bonchev–Trinajstić information content (AvgIpc) is 2.86. The summed E-state index contributed by atoms with van der Waals surface area (Å²) in [5, 5.41) is 17.2. The van der Waals surface area contributed by atoms with Crippen molar-refractivity contribution in [2.24, 2.45) is 0 Å². The van der Waals surface area contributed by atoms with E-state index in [4.69, 9.17) is 9.84 Å². The maximum atomic E-state index is 11.6. The molecule has 0 unspecified atom stereocenters. The Morgan fingerprint density at radius 2 is 2.05 bits per heavy atom. The number of aromatic amines is 1. The van der Waals surface area contributed by atoms with Crippen LogP contribution in [0.15, 0.2) is 36.5 Å². The average molecular weight is 261 g/mol. The molecule has 0 bridgehead atoms. The van der Waals surface area contributed by atoms with Crippen LogP contribution in [0.25, 0.3) is 0 Å². The van der Waals surface area contributed by atoms with Gasteiger partial charge in [-0.2, -0.15) is 5.10 Å². The Balaban J connectivity index is 1.91. The molecule has 0 radical (unpaired) electrons. The van der Waals surface area contributed by atoms with Gasteiger partial charge in [0.2, 0.25) is 0 Å². The van der Waals surface area contributed by atoms with Crippen molar-refractivity contribution in [2.75, 3.05) is 11.9 Å². The van der Waals surface area contributed by atoms with Gasteiger partial charge in [-0.15, -0.1) is 0 Å². The number of para-hydroxylation sites is 1. The maximum absolute atomic E-state index is 11.6. The number of carboxylic acid groups (broad SMARTS) is 1. The molecule has 0 spiro atoms. The summed E-state index contributed by atoms with van der Waals surface area (Å²) in [7, 11) is 0. The lowest BCUT2D eigenvalue weighted by Crippen LogP contribution is -2.21. The van der Waals surface area contributed by atoms with E-state index >= 15 is 0 Å². The van der Waals surface area contributed by atoms with Crippen LogP contribution in [0.1, 0.15) is 10.4 Å². The molecule has 0 fully saturated rings. The van der Waals surface area contributed by atoms with Crippen molar-refractivity contribution in [1.82, 2.24) is 10.2 Å². The normalized spacial score (nSPS) is 9.89. The lowest BCUT2D eigenvalue weighted by molar-refractivity contribution is -0.118. The largest absolute Gasteiger partial charge is 0.484 e. The minimum atomic E-state index is -1.17. The second-order valence-electron chi connectivity index (χ2n) is 3.61. The Morgan fingerprint density at radius 3 is 2.74 bits per heavy atom. The van der Waals surface area contributed by atoms with E-state index in [1.807, 2.05) is 6.07 Å². The van der Waals surface area contributed by atoms with Gasteiger partial charge in [0, 0.05) is 0 Å². The number of aromatic carboxylic acids is 1. The Hall–Kier alpha value is -2.83. The number of hydrogen-bond donors (Lipinski definition) is 3. The molecule has 0 aliphatic rings. The number of rotatable bonds is 5. The van der Waals surface area contributed by atoms with E-state index in [1.165, 1.54) is 0 Å². The third kappa shape index (κ3) is 3.32. The van der Waals surface area contributed by atoms with Crippen LogP contribution in [0.3, 0.4) is 0 Å². The molecular formula is C12H11N3O4. The van der Waals surface area contributed by atoms with Gasteiger partial charge < -0.3 is 15.2 Å². The number of carboxylic acids is 1. The number of ether oxygens (including phenoxy) is 1. The first-order valence-corrected chi connectivity index (χ1v) is 5.41. The fourth-order valence-corrected chi connectivity index (χ4v) is 1.38. The van der Waals surface area contributed by atoms with Crippen molar-refractivity contribution in [2.45, 2.75) is 0 Å². The highest BCUT2D eigenvalue weighted by atomic mass is 16.5. The van der Waals surface area contributed by atoms with Gasteiger partial charge in [-0.05, 0) is 12.1 Å². The number of anilines is 1. The number of benzene rings is 1. The number of nitrogens with one attached hydrogen (secondary N) is 2. The van der Waals surface area contributed by atoms with Gasteiger partial charge in [0.25, 0.3) is 5.91 Å². The zero-order valence-electron chi connectivity index (χ0n) is 9.79. The van der Waals surface area contributed by atoms with Crippen LogP contribution in [0.5, 0.6) is 5.75 Å².